The normalized spacial score (nSPS) is 20.1. The van der Waals surface area contributed by atoms with E-state index in [1.165, 1.54) is 16.5 Å². The second-order valence-electron chi connectivity index (χ2n) is 8.80. The van der Waals surface area contributed by atoms with Crippen LogP contribution in [0, 0.1) is 23.4 Å². The highest BCUT2D eigenvalue weighted by molar-refractivity contribution is 7.89. The standard InChI is InChI=1S/C22H19F3N6O6S/c1-30-8-16-20(19(30)21(33)28-11-2-12(23)18(25)13(24)3-11)37-9-10-6-31(7-15(10)29-38(16,35)36)22(34)14-4-27-17(32)5-26-14/h2-5,8,10,15,29H,6-7,9H2,1H3,(H,27,32)(H,28,33)/t10-,15-/m1/s1. The molecule has 200 valence electrons. The van der Waals surface area contributed by atoms with E-state index in [1.807, 2.05) is 0 Å². The van der Waals surface area contributed by atoms with Crippen molar-refractivity contribution in [2.75, 3.05) is 25.0 Å². The van der Waals surface area contributed by atoms with Crippen molar-refractivity contribution in [3.05, 3.63) is 69.9 Å². The first-order chi connectivity index (χ1) is 17.9. The van der Waals surface area contributed by atoms with Crippen molar-refractivity contribution in [1.29, 1.82) is 0 Å². The minimum absolute atomic E-state index is 0.00407. The molecule has 12 nitrogen and oxygen atoms in total. The lowest BCUT2D eigenvalue weighted by Crippen LogP contribution is -2.43. The van der Waals surface area contributed by atoms with Crippen molar-refractivity contribution in [2.45, 2.75) is 10.9 Å². The summed E-state index contributed by atoms with van der Waals surface area (Å²) in [5.74, 6) is -7.04. The number of carbonyl (C=O) groups excluding carboxylic acids is 2. The number of aromatic amines is 1. The van der Waals surface area contributed by atoms with Crippen LogP contribution in [0.4, 0.5) is 18.9 Å². The molecule has 16 heteroatoms. The predicted molar refractivity (Wildman–Crippen MR) is 124 cm³/mol. The zero-order valence-electron chi connectivity index (χ0n) is 19.5. The molecule has 1 aromatic carbocycles. The molecule has 4 heterocycles. The summed E-state index contributed by atoms with van der Waals surface area (Å²) in [7, 11) is -2.87. The number of carbonyl (C=O) groups is 2. The molecule has 5 rings (SSSR count). The zero-order valence-corrected chi connectivity index (χ0v) is 20.3. The van der Waals surface area contributed by atoms with Gasteiger partial charge in [-0.25, -0.2) is 31.3 Å². The van der Waals surface area contributed by atoms with Gasteiger partial charge in [-0.1, -0.05) is 0 Å². The van der Waals surface area contributed by atoms with E-state index in [9.17, 15) is 36.0 Å². The van der Waals surface area contributed by atoms with Crippen molar-refractivity contribution >= 4 is 27.5 Å². The highest BCUT2D eigenvalue weighted by atomic mass is 32.2. The average molecular weight is 552 g/mol. The number of H-pyrrole nitrogens is 1. The van der Waals surface area contributed by atoms with Crippen molar-refractivity contribution in [3.8, 4) is 5.75 Å². The maximum atomic E-state index is 13.6. The Labute approximate surface area is 212 Å². The molecule has 0 aliphatic carbocycles. The minimum atomic E-state index is -4.25. The van der Waals surface area contributed by atoms with Crippen LogP contribution in [0.15, 0.2) is 40.4 Å². The number of nitrogens with one attached hydrogen (secondary N) is 3. The summed E-state index contributed by atoms with van der Waals surface area (Å²) < 4.78 is 76.4. The molecule has 1 saturated heterocycles. The Morgan fingerprint density at radius 3 is 2.55 bits per heavy atom. The number of anilines is 1. The minimum Gasteiger partial charge on any atom is -0.489 e. The highest BCUT2D eigenvalue weighted by Crippen LogP contribution is 2.35. The summed E-state index contributed by atoms with van der Waals surface area (Å²) in [6, 6.07) is 0.435. The molecular weight excluding hydrogens is 533 g/mol. The number of sulfonamides is 1. The Kier molecular flexibility index (Phi) is 6.22. The lowest BCUT2D eigenvalue weighted by Gasteiger charge is -2.23. The van der Waals surface area contributed by atoms with E-state index in [2.05, 4.69) is 20.0 Å². The van der Waals surface area contributed by atoms with E-state index in [1.54, 1.807) is 0 Å². The zero-order chi connectivity index (χ0) is 27.4. The maximum Gasteiger partial charge on any atom is 0.276 e. The number of ether oxygens (including phenoxy) is 1. The number of hydrogen-bond donors (Lipinski definition) is 3. The van der Waals surface area contributed by atoms with Crippen LogP contribution in [0.2, 0.25) is 0 Å². The van der Waals surface area contributed by atoms with Gasteiger partial charge >= 0.3 is 0 Å². The third-order valence-corrected chi connectivity index (χ3v) is 7.70. The number of fused-ring (bicyclic) bond motifs is 2. The van der Waals surface area contributed by atoms with Gasteiger partial charge in [0.15, 0.2) is 28.9 Å². The molecular formula is C22H19F3N6O6S. The van der Waals surface area contributed by atoms with E-state index >= 15 is 0 Å². The molecule has 0 unspecified atom stereocenters. The van der Waals surface area contributed by atoms with Crippen LogP contribution in [-0.4, -0.2) is 65.4 Å². The number of likely N-dealkylation sites (tertiary alicyclic amines) is 1. The van der Waals surface area contributed by atoms with Crippen molar-refractivity contribution in [3.63, 3.8) is 0 Å². The number of nitrogens with zero attached hydrogens (tertiary/aromatic N) is 3. The van der Waals surface area contributed by atoms with Crippen LogP contribution >= 0.6 is 0 Å². The molecule has 3 N–H and O–H groups in total. The van der Waals surface area contributed by atoms with Gasteiger partial charge in [-0.05, 0) is 0 Å². The first kappa shape index (κ1) is 25.5. The Balaban J connectivity index is 1.41. The Hall–Kier alpha value is -4.18. The fourth-order valence-corrected chi connectivity index (χ4v) is 5.89. The molecule has 2 atom stereocenters. The summed E-state index contributed by atoms with van der Waals surface area (Å²) in [5, 5.41) is 2.21. The molecule has 2 aromatic heterocycles. The molecule has 0 spiro atoms. The van der Waals surface area contributed by atoms with Crippen molar-refractivity contribution < 1.29 is 35.9 Å². The van der Waals surface area contributed by atoms with Gasteiger partial charge in [0.1, 0.15) is 10.6 Å². The number of rotatable bonds is 3. The summed E-state index contributed by atoms with van der Waals surface area (Å²) in [6.45, 7) is 0.00186. The average Bonchev–Trinajstić information content (AvgIpc) is 3.40. The van der Waals surface area contributed by atoms with Gasteiger partial charge in [-0.2, -0.15) is 0 Å². The third-order valence-electron chi connectivity index (χ3n) is 6.22. The van der Waals surface area contributed by atoms with Gasteiger partial charge in [0, 0.05) is 62.3 Å². The van der Waals surface area contributed by atoms with Crippen LogP contribution in [0.1, 0.15) is 21.0 Å². The Bertz CT molecular complexity index is 1600. The maximum absolute atomic E-state index is 13.6. The number of halogens is 3. The molecule has 0 saturated carbocycles. The highest BCUT2D eigenvalue weighted by Gasteiger charge is 2.42. The smallest absolute Gasteiger partial charge is 0.276 e. The van der Waals surface area contributed by atoms with Crippen LogP contribution in [0.25, 0.3) is 0 Å². The van der Waals surface area contributed by atoms with Gasteiger partial charge in [0.2, 0.25) is 10.0 Å². The summed E-state index contributed by atoms with van der Waals surface area (Å²) >= 11 is 0. The molecule has 3 aromatic rings. The van der Waals surface area contributed by atoms with E-state index in [4.69, 9.17) is 4.74 Å². The van der Waals surface area contributed by atoms with E-state index in [-0.39, 0.29) is 41.7 Å². The molecule has 2 aliphatic heterocycles. The summed E-state index contributed by atoms with van der Waals surface area (Å²) in [5.41, 5.74) is -1.18. The molecule has 0 radical (unpaired) electrons. The van der Waals surface area contributed by atoms with Crippen molar-refractivity contribution in [1.82, 2.24) is 24.2 Å². The van der Waals surface area contributed by atoms with Gasteiger partial charge < -0.3 is 24.5 Å². The van der Waals surface area contributed by atoms with E-state index < -0.39 is 62.5 Å². The summed E-state index contributed by atoms with van der Waals surface area (Å²) in [6.07, 6.45) is 3.25. The molecule has 2 aliphatic rings. The topological polar surface area (TPSA) is 155 Å². The number of amides is 2. The third kappa shape index (κ3) is 4.51. The largest absolute Gasteiger partial charge is 0.489 e. The predicted octanol–water partition coefficient (Wildman–Crippen LogP) is 0.589. The fourth-order valence-electron chi connectivity index (χ4n) is 4.40. The van der Waals surface area contributed by atoms with E-state index in [0.717, 1.165) is 18.6 Å². The van der Waals surface area contributed by atoms with E-state index in [0.29, 0.717) is 12.1 Å². The molecule has 38 heavy (non-hydrogen) atoms. The van der Waals surface area contributed by atoms with Gasteiger partial charge in [0.25, 0.3) is 17.4 Å². The lowest BCUT2D eigenvalue weighted by atomic mass is 10.1. The van der Waals surface area contributed by atoms with Gasteiger partial charge in [-0.15, -0.1) is 0 Å². The number of aromatic nitrogens is 3. The first-order valence-electron chi connectivity index (χ1n) is 11.1. The SMILES string of the molecule is Cn1cc2c(c1C(=O)Nc1cc(F)c(F)c(F)c1)OC[C@H]1CN(C(=O)c3c[nH]c(=O)cn3)C[C@H]1NS2(=O)=O. The van der Waals surface area contributed by atoms with Gasteiger partial charge in [-0.3, -0.25) is 14.4 Å². The van der Waals surface area contributed by atoms with Crippen LogP contribution < -0.4 is 20.3 Å². The molecule has 2 amide bonds. The Morgan fingerprint density at radius 1 is 1.18 bits per heavy atom. The quantitative estimate of drug-likeness (QED) is 0.402. The van der Waals surface area contributed by atoms with Gasteiger partial charge in [0.05, 0.1) is 12.8 Å². The van der Waals surface area contributed by atoms with Crippen LogP contribution in [-0.2, 0) is 17.1 Å². The fraction of sp³-hybridized carbons (Fsp3) is 0.273. The molecule has 0 bridgehead atoms. The molecule has 1 fully saturated rings. The lowest BCUT2D eigenvalue weighted by molar-refractivity contribution is 0.0775. The monoisotopic (exact) mass is 552 g/mol. The van der Waals surface area contributed by atoms with Crippen molar-refractivity contribution in [2.24, 2.45) is 13.0 Å². The summed E-state index contributed by atoms with van der Waals surface area (Å²) in [4.78, 5) is 44.2. The number of aryl methyl sites for hydroxylation is 1. The van der Waals surface area contributed by atoms with Crippen LogP contribution in [0.3, 0.4) is 0 Å². The second-order valence-corrected chi connectivity index (χ2v) is 10.5. The number of hydrogen-bond acceptors (Lipinski definition) is 7. The Morgan fingerprint density at radius 2 is 1.89 bits per heavy atom. The van der Waals surface area contributed by atoms with Crippen LogP contribution in [0.5, 0.6) is 5.75 Å². The number of benzene rings is 1. The first-order valence-corrected chi connectivity index (χ1v) is 12.6. The second kappa shape index (κ2) is 9.29.